The summed E-state index contributed by atoms with van der Waals surface area (Å²) in [5.74, 6) is -0.600. The number of aliphatic hydroxyl groups is 4. The van der Waals surface area contributed by atoms with E-state index in [1.807, 2.05) is 69.0 Å². The number of rotatable bonds is 26. The number of carbonyl (C=O) groups excluding carboxylic acids is 3. The van der Waals surface area contributed by atoms with Crippen LogP contribution in [-0.2, 0) is 28.6 Å². The van der Waals surface area contributed by atoms with Crippen molar-refractivity contribution in [1.29, 1.82) is 5.41 Å². The predicted octanol–water partition coefficient (Wildman–Crippen LogP) is 7.08. The first-order chi connectivity index (χ1) is 30.1. The molecule has 1 aliphatic rings. The van der Waals surface area contributed by atoms with E-state index in [0.717, 1.165) is 57.8 Å². The highest BCUT2D eigenvalue weighted by molar-refractivity contribution is 5.94. The lowest BCUT2D eigenvalue weighted by atomic mass is 9.92. The summed E-state index contributed by atoms with van der Waals surface area (Å²) in [4.78, 5) is 34.5. The SMILES string of the molecule is C=O.CC/C(O)=C(\C)NC(=O)/C(C)=C/C=C/C=C/C=C/C=C/C(C)C(OC1OC(C(=O)OC)C(O)C(O)C1O)/C(C)=C/C(C)CCC/C=C/C(C)C/C=C/CCCN(C)C=N.CN. The van der Waals surface area contributed by atoms with E-state index in [2.05, 4.69) is 55.3 Å². The molecule has 14 heteroatoms. The summed E-state index contributed by atoms with van der Waals surface area (Å²) in [6, 6.07) is 0. The minimum absolute atomic E-state index is 0.142. The number of nitrogens with two attached hydrogens (primary N) is 1. The van der Waals surface area contributed by atoms with Crippen LogP contribution in [0.3, 0.4) is 0 Å². The van der Waals surface area contributed by atoms with Crippen LogP contribution >= 0.6 is 0 Å². The molecule has 9 unspecified atom stereocenters. The van der Waals surface area contributed by atoms with Gasteiger partial charge in [-0.3, -0.25) is 10.2 Å². The maximum Gasteiger partial charge on any atom is 0.337 e. The van der Waals surface area contributed by atoms with Gasteiger partial charge in [-0.1, -0.05) is 113 Å². The Morgan fingerprint density at radius 1 is 0.873 bits per heavy atom. The lowest BCUT2D eigenvalue weighted by Crippen LogP contribution is -2.61. The van der Waals surface area contributed by atoms with E-state index in [9.17, 15) is 30.0 Å². The number of methoxy groups -OCH3 is 1. The number of ether oxygens (including phenoxy) is 3. The Kier molecular flexibility index (Phi) is 35.2. The number of nitrogens with one attached hydrogen (secondary N) is 2. The fourth-order valence-electron chi connectivity index (χ4n) is 6.15. The van der Waals surface area contributed by atoms with E-state index in [-0.39, 0.29) is 23.5 Å². The lowest BCUT2D eigenvalue weighted by molar-refractivity contribution is -0.303. The van der Waals surface area contributed by atoms with E-state index in [1.54, 1.807) is 39.0 Å². The topological polar surface area (TPSA) is 225 Å². The third-order valence-corrected chi connectivity index (χ3v) is 9.88. The molecule has 1 fully saturated rings. The normalized spacial score (nSPS) is 22.0. The molecule has 0 aromatic rings. The van der Waals surface area contributed by atoms with Gasteiger partial charge in [0.15, 0.2) is 12.4 Å². The third kappa shape index (κ3) is 25.9. The Bertz CT molecular complexity index is 1580. The van der Waals surface area contributed by atoms with Crippen molar-refractivity contribution in [3.05, 3.63) is 108 Å². The molecule has 0 bridgehead atoms. The average molecular weight is 885 g/mol. The highest BCUT2D eigenvalue weighted by Crippen LogP contribution is 2.29. The first kappa shape index (κ1) is 60.4. The number of hydrogen-bond donors (Lipinski definition) is 7. The Morgan fingerprint density at radius 2 is 1.48 bits per heavy atom. The zero-order chi connectivity index (χ0) is 48.3. The second kappa shape index (κ2) is 36.8. The lowest BCUT2D eigenvalue weighted by Gasteiger charge is -2.41. The number of unbranched alkanes of at least 4 members (excludes halogenated alkanes) is 2. The third-order valence-electron chi connectivity index (χ3n) is 9.88. The number of esters is 1. The van der Waals surface area contributed by atoms with E-state index in [1.165, 1.54) is 13.4 Å². The Labute approximate surface area is 377 Å². The maximum absolute atomic E-state index is 12.3. The van der Waals surface area contributed by atoms with Crippen molar-refractivity contribution in [2.45, 2.75) is 130 Å². The zero-order valence-corrected chi connectivity index (χ0v) is 39.5. The second-order valence-electron chi connectivity index (χ2n) is 15.3. The van der Waals surface area contributed by atoms with Gasteiger partial charge < -0.3 is 55.4 Å². The summed E-state index contributed by atoms with van der Waals surface area (Å²) in [6.45, 7) is 16.3. The van der Waals surface area contributed by atoms with E-state index < -0.39 is 42.8 Å². The smallest absolute Gasteiger partial charge is 0.337 e. The standard InChI is InChI=1S/C47H73N3O9.CH5N.CH2O/c1-10-39(51)38(7)49-45(55)36(5)29-23-15-13-11-12-14-22-28-35(4)43(58-47-42(54)40(52)41(53)44(59-47)46(56)57-9)37(6)31-34(3)27-21-18-20-26-33(2)25-19-16-17-24-30-50(8)32-48;2*1-2/h11-16,19-20,22-23,26,28-29,31-35,40-44,47-48,51-54H,10,17-18,21,24-25,27,30H2,1-9H3,(H,49,55);2H2,1H3;1H2/b13-11+,14-12+,19-16+,23-15+,26-20+,28-22+,36-29+,37-31+,39-38-,48-32?;;. The van der Waals surface area contributed by atoms with Crippen LogP contribution in [0.4, 0.5) is 0 Å². The quantitative estimate of drug-likeness (QED) is 0.00677. The van der Waals surface area contributed by atoms with Crippen LogP contribution in [0.25, 0.3) is 0 Å². The molecule has 1 rings (SSSR count). The van der Waals surface area contributed by atoms with Gasteiger partial charge in [0.25, 0.3) is 5.91 Å². The van der Waals surface area contributed by atoms with Gasteiger partial charge >= 0.3 is 5.97 Å². The fraction of sp³-hybridized carbons (Fsp3) is 0.551. The molecule has 0 radical (unpaired) electrons. The predicted molar refractivity (Wildman–Crippen MR) is 254 cm³/mol. The summed E-state index contributed by atoms with van der Waals surface area (Å²) in [5.41, 5.74) is 6.32. The Balaban J connectivity index is 0. The first-order valence-electron chi connectivity index (χ1n) is 21.6. The molecule has 1 amide bonds. The van der Waals surface area contributed by atoms with Gasteiger partial charge in [0.1, 0.15) is 30.9 Å². The molecule has 8 N–H and O–H groups in total. The summed E-state index contributed by atoms with van der Waals surface area (Å²) in [5, 5.41) is 51.5. The molecule has 0 aliphatic carbocycles. The molecule has 14 nitrogen and oxygen atoms in total. The van der Waals surface area contributed by atoms with Crippen LogP contribution in [0.5, 0.6) is 0 Å². The van der Waals surface area contributed by atoms with Crippen molar-refractivity contribution in [1.82, 2.24) is 10.2 Å². The van der Waals surface area contributed by atoms with Gasteiger partial charge in [-0.15, -0.1) is 0 Å². The highest BCUT2D eigenvalue weighted by atomic mass is 16.7. The second-order valence-corrected chi connectivity index (χ2v) is 15.3. The van der Waals surface area contributed by atoms with Gasteiger partial charge in [0.05, 0.1) is 25.2 Å². The molecular weight excluding hydrogens is 805 g/mol. The number of nitrogens with zero attached hydrogens (tertiary/aromatic N) is 1. The van der Waals surface area contributed by atoms with Crippen molar-refractivity contribution < 1.29 is 49.0 Å². The van der Waals surface area contributed by atoms with Crippen molar-refractivity contribution in [3.8, 4) is 0 Å². The number of amides is 1. The monoisotopic (exact) mass is 885 g/mol. The zero-order valence-electron chi connectivity index (χ0n) is 39.5. The molecule has 1 heterocycles. The van der Waals surface area contributed by atoms with Gasteiger partial charge in [-0.05, 0) is 83.8 Å². The molecular formula is C49H80N4O10. The van der Waals surface area contributed by atoms with E-state index in [0.29, 0.717) is 23.6 Å². The number of allylic oxidation sites excluding steroid dienone is 15. The van der Waals surface area contributed by atoms with Crippen LogP contribution in [0.2, 0.25) is 0 Å². The van der Waals surface area contributed by atoms with Gasteiger partial charge in [-0.2, -0.15) is 0 Å². The molecule has 0 spiro atoms. The molecule has 63 heavy (non-hydrogen) atoms. The van der Waals surface area contributed by atoms with Crippen molar-refractivity contribution in [2.75, 3.05) is 27.7 Å². The first-order valence-corrected chi connectivity index (χ1v) is 21.6. The highest BCUT2D eigenvalue weighted by Gasteiger charge is 2.48. The van der Waals surface area contributed by atoms with Crippen LogP contribution in [0, 0.1) is 23.2 Å². The molecule has 356 valence electrons. The minimum atomic E-state index is -1.69. The van der Waals surface area contributed by atoms with Crippen LogP contribution < -0.4 is 11.1 Å². The maximum atomic E-state index is 12.3. The van der Waals surface area contributed by atoms with Crippen molar-refractivity contribution >= 4 is 25.0 Å². The number of carbonyl (C=O) groups is 3. The molecule has 0 saturated carbocycles. The molecule has 9 atom stereocenters. The van der Waals surface area contributed by atoms with Gasteiger partial charge in [-0.25, -0.2) is 4.79 Å². The molecule has 0 aromatic heterocycles. The summed E-state index contributed by atoms with van der Waals surface area (Å²) < 4.78 is 16.7. The summed E-state index contributed by atoms with van der Waals surface area (Å²) in [6.07, 6.45) is 26.7. The number of aliphatic hydroxyl groups excluding tert-OH is 4. The Hall–Kier alpha value is -4.70. The number of hydrogen-bond acceptors (Lipinski definition) is 12. The van der Waals surface area contributed by atoms with Crippen molar-refractivity contribution in [2.24, 2.45) is 23.5 Å². The molecule has 1 saturated heterocycles. The average Bonchev–Trinajstić information content (AvgIpc) is 3.28. The van der Waals surface area contributed by atoms with Gasteiger partial charge in [0.2, 0.25) is 0 Å². The van der Waals surface area contributed by atoms with E-state index in [4.69, 9.17) is 24.4 Å². The summed E-state index contributed by atoms with van der Waals surface area (Å²) >= 11 is 0. The van der Waals surface area contributed by atoms with Crippen LogP contribution in [0.1, 0.15) is 93.4 Å². The van der Waals surface area contributed by atoms with Crippen LogP contribution in [-0.4, -0.2) is 115 Å². The minimum Gasteiger partial charge on any atom is -0.511 e. The summed E-state index contributed by atoms with van der Waals surface area (Å²) in [7, 11) is 4.56. The molecule has 0 aromatic carbocycles. The van der Waals surface area contributed by atoms with Gasteiger partial charge in [0, 0.05) is 31.5 Å². The van der Waals surface area contributed by atoms with Crippen LogP contribution in [0.15, 0.2) is 108 Å². The van der Waals surface area contributed by atoms with E-state index >= 15 is 0 Å². The molecule has 1 aliphatic heterocycles. The largest absolute Gasteiger partial charge is 0.511 e. The Morgan fingerprint density at radius 3 is 2.08 bits per heavy atom. The fourth-order valence-corrected chi connectivity index (χ4v) is 6.15. The van der Waals surface area contributed by atoms with Crippen molar-refractivity contribution in [3.63, 3.8) is 0 Å².